The van der Waals surface area contributed by atoms with Crippen molar-refractivity contribution in [2.24, 2.45) is 11.8 Å². The second kappa shape index (κ2) is 5.42. The molecule has 110 valence electrons. The van der Waals surface area contributed by atoms with Gasteiger partial charge in [0.2, 0.25) is 11.8 Å². The molecular formula is C14H22N4O2. The summed E-state index contributed by atoms with van der Waals surface area (Å²) in [7, 11) is 0. The summed E-state index contributed by atoms with van der Waals surface area (Å²) in [4.78, 5) is 16.4. The van der Waals surface area contributed by atoms with E-state index in [-0.39, 0.29) is 5.92 Å². The van der Waals surface area contributed by atoms with Gasteiger partial charge in [-0.05, 0) is 18.8 Å². The standard InChI is InChI=1S/C14H22N4O2/c1-3-12-15-16-14(20-12)18-8-6-17(7-9-18)13(19)10(2)11-4-5-11/h10-11H,3-9H2,1-2H3. The third-order valence-electron chi connectivity index (χ3n) is 4.34. The molecule has 2 fully saturated rings. The molecule has 3 rings (SSSR count). The number of hydrogen-bond donors (Lipinski definition) is 0. The summed E-state index contributed by atoms with van der Waals surface area (Å²) in [5.74, 6) is 1.80. The Morgan fingerprint density at radius 2 is 2.00 bits per heavy atom. The molecule has 1 aromatic rings. The molecule has 0 bridgehead atoms. The summed E-state index contributed by atoms with van der Waals surface area (Å²) in [6.07, 6.45) is 3.19. The number of hydrogen-bond acceptors (Lipinski definition) is 5. The molecule has 0 aromatic carbocycles. The van der Waals surface area contributed by atoms with Crippen LogP contribution >= 0.6 is 0 Å². The lowest BCUT2D eigenvalue weighted by molar-refractivity contribution is -0.136. The molecule has 2 heterocycles. The average Bonchev–Trinajstić information content (AvgIpc) is 3.23. The van der Waals surface area contributed by atoms with Gasteiger partial charge in [-0.25, -0.2) is 0 Å². The lowest BCUT2D eigenvalue weighted by Crippen LogP contribution is -2.50. The molecule has 1 aliphatic carbocycles. The highest BCUT2D eigenvalue weighted by Crippen LogP contribution is 2.37. The van der Waals surface area contributed by atoms with E-state index in [0.717, 1.165) is 32.6 Å². The zero-order chi connectivity index (χ0) is 14.1. The van der Waals surface area contributed by atoms with Crippen LogP contribution in [-0.2, 0) is 11.2 Å². The van der Waals surface area contributed by atoms with Crippen molar-refractivity contribution in [2.75, 3.05) is 31.1 Å². The molecule has 1 unspecified atom stereocenters. The molecule has 6 nitrogen and oxygen atoms in total. The molecular weight excluding hydrogens is 256 g/mol. The second-order valence-electron chi connectivity index (χ2n) is 5.77. The van der Waals surface area contributed by atoms with Crippen LogP contribution in [0.25, 0.3) is 0 Å². The second-order valence-corrected chi connectivity index (χ2v) is 5.77. The molecule has 1 saturated heterocycles. The largest absolute Gasteiger partial charge is 0.408 e. The number of anilines is 1. The first-order valence-corrected chi connectivity index (χ1v) is 7.55. The van der Waals surface area contributed by atoms with Gasteiger partial charge in [-0.2, -0.15) is 0 Å². The highest BCUT2D eigenvalue weighted by Gasteiger charge is 2.36. The van der Waals surface area contributed by atoms with Gasteiger partial charge < -0.3 is 14.2 Å². The lowest BCUT2D eigenvalue weighted by Gasteiger charge is -2.35. The van der Waals surface area contributed by atoms with E-state index in [9.17, 15) is 4.79 Å². The minimum atomic E-state index is 0.191. The summed E-state index contributed by atoms with van der Waals surface area (Å²) in [5.41, 5.74) is 0. The van der Waals surface area contributed by atoms with E-state index >= 15 is 0 Å². The molecule has 1 amide bonds. The van der Waals surface area contributed by atoms with Gasteiger partial charge in [0.25, 0.3) is 0 Å². The van der Waals surface area contributed by atoms with Gasteiger partial charge in [-0.3, -0.25) is 4.79 Å². The van der Waals surface area contributed by atoms with Crippen LogP contribution in [0.15, 0.2) is 4.42 Å². The SMILES string of the molecule is CCc1nnc(N2CCN(C(=O)C(C)C3CC3)CC2)o1. The summed E-state index contributed by atoms with van der Waals surface area (Å²) < 4.78 is 5.56. The van der Waals surface area contributed by atoms with Gasteiger partial charge in [-0.15, -0.1) is 5.10 Å². The monoisotopic (exact) mass is 278 g/mol. The molecule has 6 heteroatoms. The fraction of sp³-hybridized carbons (Fsp3) is 0.786. The van der Waals surface area contributed by atoms with Crippen molar-refractivity contribution in [3.63, 3.8) is 0 Å². The minimum absolute atomic E-state index is 0.191. The zero-order valence-corrected chi connectivity index (χ0v) is 12.2. The van der Waals surface area contributed by atoms with Gasteiger partial charge in [0, 0.05) is 38.5 Å². The Morgan fingerprint density at radius 3 is 2.55 bits per heavy atom. The van der Waals surface area contributed by atoms with E-state index in [4.69, 9.17) is 4.42 Å². The minimum Gasteiger partial charge on any atom is -0.408 e. The van der Waals surface area contributed by atoms with Crippen molar-refractivity contribution in [3.05, 3.63) is 5.89 Å². The average molecular weight is 278 g/mol. The van der Waals surface area contributed by atoms with Crippen LogP contribution in [0.1, 0.15) is 32.6 Å². The van der Waals surface area contributed by atoms with E-state index in [2.05, 4.69) is 22.0 Å². The highest BCUT2D eigenvalue weighted by atomic mass is 16.4. The molecule has 2 aliphatic rings. The van der Waals surface area contributed by atoms with Crippen LogP contribution in [0, 0.1) is 11.8 Å². The third-order valence-corrected chi connectivity index (χ3v) is 4.34. The Morgan fingerprint density at radius 1 is 1.30 bits per heavy atom. The fourth-order valence-corrected chi connectivity index (χ4v) is 2.72. The topological polar surface area (TPSA) is 62.5 Å². The number of aryl methyl sites for hydroxylation is 1. The van der Waals surface area contributed by atoms with Gasteiger partial charge in [-0.1, -0.05) is 18.9 Å². The smallest absolute Gasteiger partial charge is 0.318 e. The third kappa shape index (κ3) is 2.64. The number of amides is 1. The van der Waals surface area contributed by atoms with E-state index < -0.39 is 0 Å². The normalized spacial score (nSPS) is 21.1. The Bertz CT molecular complexity index is 475. The maximum Gasteiger partial charge on any atom is 0.318 e. The van der Waals surface area contributed by atoms with E-state index in [1.165, 1.54) is 12.8 Å². The van der Waals surface area contributed by atoms with Gasteiger partial charge in [0.15, 0.2) is 0 Å². The van der Waals surface area contributed by atoms with Crippen molar-refractivity contribution >= 4 is 11.9 Å². The van der Waals surface area contributed by atoms with Crippen molar-refractivity contribution in [3.8, 4) is 0 Å². The summed E-state index contributed by atoms with van der Waals surface area (Å²) in [5, 5.41) is 8.04. The molecule has 0 spiro atoms. The number of carbonyl (C=O) groups excluding carboxylic acids is 1. The molecule has 1 aliphatic heterocycles. The number of aromatic nitrogens is 2. The van der Waals surface area contributed by atoms with E-state index in [0.29, 0.717) is 23.7 Å². The zero-order valence-electron chi connectivity index (χ0n) is 12.2. The molecule has 1 saturated carbocycles. The first-order valence-electron chi connectivity index (χ1n) is 7.55. The predicted molar refractivity (Wildman–Crippen MR) is 74.4 cm³/mol. The maximum atomic E-state index is 12.3. The molecule has 1 atom stereocenters. The van der Waals surface area contributed by atoms with E-state index in [1.807, 2.05) is 11.8 Å². The molecule has 0 N–H and O–H groups in total. The summed E-state index contributed by atoms with van der Waals surface area (Å²) in [6.45, 7) is 7.10. The lowest BCUT2D eigenvalue weighted by atomic mass is 10.0. The van der Waals surface area contributed by atoms with Crippen LogP contribution in [0.2, 0.25) is 0 Å². The van der Waals surface area contributed by atoms with Crippen LogP contribution in [0.4, 0.5) is 6.01 Å². The molecule has 20 heavy (non-hydrogen) atoms. The predicted octanol–water partition coefficient (Wildman–Crippen LogP) is 1.33. The summed E-state index contributed by atoms with van der Waals surface area (Å²) in [6, 6.07) is 0.587. The number of piperazine rings is 1. The van der Waals surface area contributed by atoms with Crippen LogP contribution < -0.4 is 4.90 Å². The Hall–Kier alpha value is -1.59. The van der Waals surface area contributed by atoms with Crippen molar-refractivity contribution < 1.29 is 9.21 Å². The number of rotatable bonds is 4. The molecule has 1 aromatic heterocycles. The quantitative estimate of drug-likeness (QED) is 0.831. The van der Waals surface area contributed by atoms with Crippen molar-refractivity contribution in [2.45, 2.75) is 33.1 Å². The Kier molecular flexibility index (Phi) is 3.63. The Balaban J connectivity index is 1.54. The van der Waals surface area contributed by atoms with Gasteiger partial charge >= 0.3 is 6.01 Å². The van der Waals surface area contributed by atoms with E-state index in [1.54, 1.807) is 0 Å². The highest BCUT2D eigenvalue weighted by molar-refractivity contribution is 5.79. The maximum absolute atomic E-state index is 12.3. The van der Waals surface area contributed by atoms with Crippen LogP contribution in [0.5, 0.6) is 0 Å². The van der Waals surface area contributed by atoms with Crippen molar-refractivity contribution in [1.29, 1.82) is 0 Å². The first-order chi connectivity index (χ1) is 9.69. The van der Waals surface area contributed by atoms with Crippen LogP contribution in [-0.4, -0.2) is 47.2 Å². The van der Waals surface area contributed by atoms with Gasteiger partial charge in [0.05, 0.1) is 0 Å². The van der Waals surface area contributed by atoms with Crippen molar-refractivity contribution in [1.82, 2.24) is 15.1 Å². The van der Waals surface area contributed by atoms with Crippen LogP contribution in [0.3, 0.4) is 0 Å². The number of carbonyl (C=O) groups is 1. The summed E-state index contributed by atoms with van der Waals surface area (Å²) >= 11 is 0. The first kappa shape index (κ1) is 13.4. The Labute approximate surface area is 119 Å². The fourth-order valence-electron chi connectivity index (χ4n) is 2.72. The van der Waals surface area contributed by atoms with Gasteiger partial charge in [0.1, 0.15) is 0 Å². The molecule has 0 radical (unpaired) electrons. The number of nitrogens with zero attached hydrogens (tertiary/aromatic N) is 4.